The Bertz CT molecular complexity index is 509. The predicted octanol–water partition coefficient (Wildman–Crippen LogP) is 2.35. The number of carbonyl (C=O) groups is 1. The van der Waals surface area contributed by atoms with E-state index in [1.807, 2.05) is 19.9 Å². The van der Waals surface area contributed by atoms with Crippen LogP contribution in [0.1, 0.15) is 31.7 Å². The minimum atomic E-state index is -0.226. The number of amides is 1. The molecule has 2 N–H and O–H groups in total. The van der Waals surface area contributed by atoms with Crippen molar-refractivity contribution in [1.82, 2.24) is 10.6 Å². The molecule has 0 aromatic heterocycles. The highest BCUT2D eigenvalue weighted by Gasteiger charge is 2.27. The Morgan fingerprint density at radius 2 is 2.25 bits per heavy atom. The third kappa shape index (κ3) is 3.90. The van der Waals surface area contributed by atoms with E-state index in [0.717, 1.165) is 24.1 Å². The van der Waals surface area contributed by atoms with Crippen LogP contribution in [0.2, 0.25) is 0 Å². The lowest BCUT2D eigenvalue weighted by atomic mass is 9.86. The van der Waals surface area contributed by atoms with E-state index in [-0.39, 0.29) is 23.7 Å². The van der Waals surface area contributed by atoms with Crippen LogP contribution in [-0.2, 0) is 4.79 Å². The molecule has 1 fully saturated rings. The fourth-order valence-corrected chi connectivity index (χ4v) is 2.63. The van der Waals surface area contributed by atoms with Crippen LogP contribution in [0.4, 0.5) is 4.39 Å². The summed E-state index contributed by atoms with van der Waals surface area (Å²) in [7, 11) is 0. The van der Waals surface area contributed by atoms with E-state index in [2.05, 4.69) is 10.6 Å². The van der Waals surface area contributed by atoms with Crippen LogP contribution in [0.5, 0.6) is 0 Å². The Morgan fingerprint density at radius 1 is 1.45 bits per heavy atom. The second kappa shape index (κ2) is 6.66. The lowest BCUT2D eigenvalue weighted by Crippen LogP contribution is -2.49. The van der Waals surface area contributed by atoms with E-state index >= 15 is 0 Å². The molecule has 2 unspecified atom stereocenters. The molecule has 4 heteroatoms. The topological polar surface area (TPSA) is 41.1 Å². The van der Waals surface area contributed by atoms with Gasteiger partial charge in [-0.1, -0.05) is 17.7 Å². The van der Waals surface area contributed by atoms with Gasteiger partial charge < -0.3 is 10.6 Å². The normalized spacial score (nSPS) is 22.1. The van der Waals surface area contributed by atoms with Crippen molar-refractivity contribution in [3.05, 3.63) is 47.3 Å². The molecule has 20 heavy (non-hydrogen) atoms. The SMILES string of the molecule is CC(C)=CC(=O)NC1CNCCC1c1cccc(F)c1. The molecule has 3 nitrogen and oxygen atoms in total. The number of carbonyl (C=O) groups excluding carboxylic acids is 1. The zero-order valence-corrected chi connectivity index (χ0v) is 11.9. The zero-order chi connectivity index (χ0) is 14.5. The Morgan fingerprint density at radius 3 is 2.95 bits per heavy atom. The van der Waals surface area contributed by atoms with Gasteiger partial charge in [0.05, 0.1) is 0 Å². The maximum Gasteiger partial charge on any atom is 0.244 e. The third-order valence-electron chi connectivity index (χ3n) is 3.51. The van der Waals surface area contributed by atoms with Gasteiger partial charge in [0.2, 0.25) is 5.91 Å². The molecule has 1 aliphatic rings. The summed E-state index contributed by atoms with van der Waals surface area (Å²) in [5, 5.41) is 6.30. The molecule has 2 rings (SSSR count). The van der Waals surface area contributed by atoms with Crippen molar-refractivity contribution in [2.75, 3.05) is 13.1 Å². The first-order chi connectivity index (χ1) is 9.56. The van der Waals surface area contributed by atoms with Crippen LogP contribution >= 0.6 is 0 Å². The minimum absolute atomic E-state index is 0.00588. The predicted molar refractivity (Wildman–Crippen MR) is 78.0 cm³/mol. The lowest BCUT2D eigenvalue weighted by Gasteiger charge is -2.33. The summed E-state index contributed by atoms with van der Waals surface area (Å²) in [5.41, 5.74) is 1.92. The summed E-state index contributed by atoms with van der Waals surface area (Å²) >= 11 is 0. The maximum atomic E-state index is 13.4. The first-order valence-corrected chi connectivity index (χ1v) is 6.98. The monoisotopic (exact) mass is 276 g/mol. The van der Waals surface area contributed by atoms with Gasteiger partial charge >= 0.3 is 0 Å². The van der Waals surface area contributed by atoms with Crippen molar-refractivity contribution < 1.29 is 9.18 Å². The van der Waals surface area contributed by atoms with Gasteiger partial charge in [-0.25, -0.2) is 4.39 Å². The van der Waals surface area contributed by atoms with Crippen molar-refractivity contribution in [3.63, 3.8) is 0 Å². The van der Waals surface area contributed by atoms with Gasteiger partial charge in [0, 0.05) is 24.6 Å². The minimum Gasteiger partial charge on any atom is -0.348 e. The van der Waals surface area contributed by atoms with Crippen LogP contribution in [0.15, 0.2) is 35.9 Å². The largest absolute Gasteiger partial charge is 0.348 e. The van der Waals surface area contributed by atoms with Crippen LogP contribution in [0, 0.1) is 5.82 Å². The summed E-state index contributed by atoms with van der Waals surface area (Å²) in [6.45, 7) is 5.38. The fraction of sp³-hybridized carbons (Fsp3) is 0.438. The summed E-state index contributed by atoms with van der Waals surface area (Å²) < 4.78 is 13.4. The number of rotatable bonds is 3. The van der Waals surface area contributed by atoms with E-state index in [9.17, 15) is 9.18 Å². The Labute approximate surface area is 119 Å². The average molecular weight is 276 g/mol. The highest BCUT2D eigenvalue weighted by atomic mass is 19.1. The van der Waals surface area contributed by atoms with Crippen LogP contribution in [-0.4, -0.2) is 25.0 Å². The van der Waals surface area contributed by atoms with Crippen molar-refractivity contribution in [2.45, 2.75) is 32.2 Å². The van der Waals surface area contributed by atoms with Gasteiger partial charge in [0.1, 0.15) is 5.82 Å². The van der Waals surface area contributed by atoms with Gasteiger partial charge in [-0.15, -0.1) is 0 Å². The highest BCUT2D eigenvalue weighted by molar-refractivity contribution is 5.88. The molecule has 0 radical (unpaired) electrons. The second-order valence-corrected chi connectivity index (χ2v) is 5.49. The smallest absolute Gasteiger partial charge is 0.244 e. The van der Waals surface area contributed by atoms with Gasteiger partial charge in [0.15, 0.2) is 0 Å². The molecule has 0 saturated carbocycles. The van der Waals surface area contributed by atoms with Gasteiger partial charge in [-0.3, -0.25) is 4.79 Å². The number of hydrogen-bond acceptors (Lipinski definition) is 2. The molecule has 0 spiro atoms. The van der Waals surface area contributed by atoms with E-state index in [1.54, 1.807) is 18.2 Å². The van der Waals surface area contributed by atoms with Crippen LogP contribution in [0.25, 0.3) is 0 Å². The first-order valence-electron chi connectivity index (χ1n) is 6.98. The van der Waals surface area contributed by atoms with Crippen LogP contribution in [0.3, 0.4) is 0 Å². The number of allylic oxidation sites excluding steroid dienone is 1. The molecule has 1 aromatic carbocycles. The number of benzene rings is 1. The zero-order valence-electron chi connectivity index (χ0n) is 11.9. The molecule has 1 heterocycles. The van der Waals surface area contributed by atoms with Crippen molar-refractivity contribution in [3.8, 4) is 0 Å². The second-order valence-electron chi connectivity index (χ2n) is 5.49. The molecular formula is C16H21FN2O. The number of hydrogen-bond donors (Lipinski definition) is 2. The highest BCUT2D eigenvalue weighted by Crippen LogP contribution is 2.26. The molecule has 2 atom stereocenters. The Hall–Kier alpha value is -1.68. The maximum absolute atomic E-state index is 13.4. The molecule has 108 valence electrons. The van der Waals surface area contributed by atoms with Gasteiger partial charge in [-0.05, 0) is 44.5 Å². The molecule has 0 bridgehead atoms. The van der Waals surface area contributed by atoms with Crippen LogP contribution < -0.4 is 10.6 Å². The van der Waals surface area contributed by atoms with E-state index in [4.69, 9.17) is 0 Å². The first kappa shape index (κ1) is 14.7. The standard InChI is InChI=1S/C16H21FN2O/c1-11(2)8-16(20)19-15-10-18-7-6-14(15)12-4-3-5-13(17)9-12/h3-5,8-9,14-15,18H,6-7,10H2,1-2H3,(H,19,20). The van der Waals surface area contributed by atoms with Crippen molar-refractivity contribution in [1.29, 1.82) is 0 Å². The molecule has 1 amide bonds. The summed E-state index contributed by atoms with van der Waals surface area (Å²) in [5.74, 6) is -0.156. The van der Waals surface area contributed by atoms with Gasteiger partial charge in [-0.2, -0.15) is 0 Å². The third-order valence-corrected chi connectivity index (χ3v) is 3.51. The molecule has 1 aromatic rings. The molecule has 1 saturated heterocycles. The van der Waals surface area contributed by atoms with Crippen molar-refractivity contribution >= 4 is 5.91 Å². The quantitative estimate of drug-likeness (QED) is 0.832. The average Bonchev–Trinajstić information content (AvgIpc) is 2.38. The van der Waals surface area contributed by atoms with E-state index < -0.39 is 0 Å². The number of halogens is 1. The summed E-state index contributed by atoms with van der Waals surface area (Å²) in [6, 6.07) is 6.66. The summed E-state index contributed by atoms with van der Waals surface area (Å²) in [6.07, 6.45) is 2.49. The summed E-state index contributed by atoms with van der Waals surface area (Å²) in [4.78, 5) is 11.9. The molecular weight excluding hydrogens is 255 g/mol. The molecule has 0 aliphatic carbocycles. The number of nitrogens with one attached hydrogen (secondary N) is 2. The Kier molecular flexibility index (Phi) is 4.90. The fourth-order valence-electron chi connectivity index (χ4n) is 2.63. The van der Waals surface area contributed by atoms with Crippen molar-refractivity contribution in [2.24, 2.45) is 0 Å². The lowest BCUT2D eigenvalue weighted by molar-refractivity contribution is -0.117. The Balaban J connectivity index is 2.13. The van der Waals surface area contributed by atoms with E-state index in [0.29, 0.717) is 6.54 Å². The van der Waals surface area contributed by atoms with E-state index in [1.165, 1.54) is 6.07 Å². The van der Waals surface area contributed by atoms with Gasteiger partial charge in [0.25, 0.3) is 0 Å². The molecule has 1 aliphatic heterocycles. The number of piperidine rings is 1.